The topological polar surface area (TPSA) is 104 Å². The van der Waals surface area contributed by atoms with E-state index in [1.807, 2.05) is 55.4 Å². The molecule has 1 rings (SSSR count). The summed E-state index contributed by atoms with van der Waals surface area (Å²) in [5.41, 5.74) is -1.83. The predicted molar refractivity (Wildman–Crippen MR) is 145 cm³/mol. The summed E-state index contributed by atoms with van der Waals surface area (Å²) < 4.78 is 0.904. The van der Waals surface area contributed by atoms with Crippen LogP contribution in [0.15, 0.2) is 11.0 Å². The Labute approximate surface area is 216 Å². The van der Waals surface area contributed by atoms with Gasteiger partial charge in [0.15, 0.2) is 5.88 Å². The summed E-state index contributed by atoms with van der Waals surface area (Å²) in [6, 6.07) is 1.10. The average molecular weight is 512 g/mol. The van der Waals surface area contributed by atoms with Crippen molar-refractivity contribution in [1.82, 2.24) is 15.2 Å². The first-order chi connectivity index (χ1) is 15.5. The maximum Gasteiger partial charge on any atom is 0.226 e. The maximum absolute atomic E-state index is 13.3. The Morgan fingerprint density at radius 1 is 0.971 bits per heavy atom. The number of thioether (sulfide) groups is 1. The molecule has 0 fully saturated rings. The molecule has 0 saturated carbocycles. The van der Waals surface area contributed by atoms with Crippen LogP contribution in [0.25, 0.3) is 0 Å². The van der Waals surface area contributed by atoms with Gasteiger partial charge in [0.05, 0.1) is 10.9 Å². The van der Waals surface area contributed by atoms with Crippen LogP contribution < -0.4 is 10.6 Å². The van der Waals surface area contributed by atoms with E-state index in [1.54, 1.807) is 7.05 Å². The quantitative estimate of drug-likeness (QED) is 0.295. The zero-order chi connectivity index (χ0) is 27.8. The molecule has 0 radical (unpaired) electrons. The molecule has 1 amide bonds. The first-order valence-corrected chi connectivity index (χ1v) is 13.1. The van der Waals surface area contributed by atoms with Crippen LogP contribution in [0.2, 0.25) is 0 Å². The van der Waals surface area contributed by atoms with Crippen molar-refractivity contribution in [2.24, 2.45) is 10.8 Å². The van der Waals surface area contributed by atoms with Crippen LogP contribution in [0, 0.1) is 10.8 Å². The molecule has 1 unspecified atom stereocenters. The Morgan fingerprint density at radius 3 is 1.91 bits per heavy atom. The fourth-order valence-electron chi connectivity index (χ4n) is 5.61. The number of aromatic nitrogens is 1. The zero-order valence-electron chi connectivity index (χ0n) is 24.1. The predicted octanol–water partition coefficient (Wildman–Crippen LogP) is 5.43. The minimum absolute atomic E-state index is 0.00405. The third-order valence-electron chi connectivity index (χ3n) is 6.20. The van der Waals surface area contributed by atoms with Crippen molar-refractivity contribution in [3.63, 3.8) is 0 Å². The summed E-state index contributed by atoms with van der Waals surface area (Å²) >= 11 is 1.33. The molecule has 35 heavy (non-hydrogen) atoms. The van der Waals surface area contributed by atoms with Crippen LogP contribution in [-0.2, 0) is 15.1 Å². The summed E-state index contributed by atoms with van der Waals surface area (Å²) in [6.07, 6.45) is 1.21. The number of carbonyl (C=O) groups is 2. The number of aromatic hydroxyl groups is 2. The van der Waals surface area contributed by atoms with E-state index in [0.29, 0.717) is 11.3 Å². The molecule has 0 aliphatic rings. The second-order valence-corrected chi connectivity index (χ2v) is 15.2. The molecule has 0 aromatic carbocycles. The molecular formula is C27H49N3O4S. The van der Waals surface area contributed by atoms with Gasteiger partial charge in [0.2, 0.25) is 11.8 Å². The number of nitrogens with one attached hydrogen (secondary N) is 2. The van der Waals surface area contributed by atoms with E-state index in [1.165, 1.54) is 29.3 Å². The van der Waals surface area contributed by atoms with Crippen LogP contribution in [0.4, 0.5) is 0 Å². The van der Waals surface area contributed by atoms with Gasteiger partial charge in [-0.05, 0) is 73.8 Å². The normalized spacial score (nSPS) is 14.7. The summed E-state index contributed by atoms with van der Waals surface area (Å²) in [6.45, 7) is 23.5. The third kappa shape index (κ3) is 8.17. The van der Waals surface area contributed by atoms with Gasteiger partial charge >= 0.3 is 0 Å². The van der Waals surface area contributed by atoms with E-state index in [0.717, 1.165) is 6.42 Å². The van der Waals surface area contributed by atoms with Gasteiger partial charge in [-0.25, -0.2) is 0 Å². The molecule has 0 bridgehead atoms. The molecule has 1 aromatic rings. The second-order valence-electron chi connectivity index (χ2n) is 13.5. The molecule has 0 spiro atoms. The Kier molecular flexibility index (Phi) is 9.29. The van der Waals surface area contributed by atoms with Crippen molar-refractivity contribution < 1.29 is 19.8 Å². The van der Waals surface area contributed by atoms with Gasteiger partial charge in [-0.3, -0.25) is 14.2 Å². The Bertz CT molecular complexity index is 924. The highest BCUT2D eigenvalue weighted by Crippen LogP contribution is 2.47. The van der Waals surface area contributed by atoms with Crippen LogP contribution in [0.1, 0.15) is 95.9 Å². The summed E-state index contributed by atoms with van der Waals surface area (Å²) in [5.74, 6) is -0.234. The van der Waals surface area contributed by atoms with Gasteiger partial charge in [0.1, 0.15) is 5.78 Å². The summed E-state index contributed by atoms with van der Waals surface area (Å²) in [7, 11) is 1.73. The molecule has 1 atom stereocenters. The van der Waals surface area contributed by atoms with Gasteiger partial charge in [-0.15, -0.1) is 11.8 Å². The number of rotatable bonds is 11. The first kappa shape index (κ1) is 31.4. The minimum Gasteiger partial charge on any atom is -0.494 e. The minimum atomic E-state index is -0.769. The first-order valence-electron chi connectivity index (χ1n) is 12.3. The number of nitrogens with zero attached hydrogens (tertiary/aromatic N) is 1. The maximum atomic E-state index is 13.3. The molecule has 1 heterocycles. The van der Waals surface area contributed by atoms with Crippen molar-refractivity contribution in [3.05, 3.63) is 6.07 Å². The highest BCUT2D eigenvalue weighted by Gasteiger charge is 2.41. The molecule has 0 saturated heterocycles. The van der Waals surface area contributed by atoms with Crippen LogP contribution in [0.5, 0.6) is 11.8 Å². The van der Waals surface area contributed by atoms with Gasteiger partial charge in [-0.1, -0.05) is 34.6 Å². The lowest BCUT2D eigenvalue weighted by atomic mass is 9.77. The SMILES string of the molecule is CNC(C(C)=O)C(C)(C)Sc1cc(O)n(C(C)(C)CC(C)(C)C(=O)NC(C)(C)CC(C)(C)C)c1O. The van der Waals surface area contributed by atoms with Gasteiger partial charge in [0, 0.05) is 27.3 Å². The molecule has 1 aromatic heterocycles. The third-order valence-corrected chi connectivity index (χ3v) is 7.49. The van der Waals surface area contributed by atoms with Gasteiger partial charge < -0.3 is 20.8 Å². The van der Waals surface area contributed by atoms with Crippen LogP contribution in [0.3, 0.4) is 0 Å². The lowest BCUT2D eigenvalue weighted by Gasteiger charge is -2.39. The molecule has 202 valence electrons. The number of amides is 1. The van der Waals surface area contributed by atoms with Crippen molar-refractivity contribution in [2.75, 3.05) is 7.05 Å². The van der Waals surface area contributed by atoms with Crippen molar-refractivity contribution in [2.45, 2.75) is 123 Å². The van der Waals surface area contributed by atoms with Gasteiger partial charge in [0.25, 0.3) is 0 Å². The zero-order valence-corrected chi connectivity index (χ0v) is 25.0. The number of hydrogen-bond acceptors (Lipinski definition) is 6. The smallest absolute Gasteiger partial charge is 0.226 e. The molecule has 8 heteroatoms. The summed E-state index contributed by atoms with van der Waals surface area (Å²) in [5, 5.41) is 28.2. The Balaban J connectivity index is 3.21. The van der Waals surface area contributed by atoms with Crippen molar-refractivity contribution in [1.29, 1.82) is 0 Å². The standard InChI is InChI=1S/C27H49N3O4S/c1-17(31)20(28-13)27(11,12)35-18-14-19(32)30(21(18)33)26(9,10)16-24(5,6)22(34)29-25(7,8)15-23(2,3)4/h14,20,28,32-33H,15-16H2,1-13H3,(H,29,34). The fraction of sp³-hybridized carbons (Fsp3) is 0.778. The largest absolute Gasteiger partial charge is 0.494 e. The monoisotopic (exact) mass is 511 g/mol. The van der Waals surface area contributed by atoms with Crippen LogP contribution >= 0.6 is 11.8 Å². The number of hydrogen-bond donors (Lipinski definition) is 4. The average Bonchev–Trinajstić information content (AvgIpc) is 2.84. The number of ketones is 1. The van der Waals surface area contributed by atoms with E-state index in [-0.39, 0.29) is 34.4 Å². The summed E-state index contributed by atoms with van der Waals surface area (Å²) in [4.78, 5) is 25.9. The van der Waals surface area contributed by atoms with E-state index in [9.17, 15) is 19.8 Å². The Morgan fingerprint density at radius 2 is 1.49 bits per heavy atom. The number of carbonyl (C=O) groups excluding carboxylic acids is 2. The van der Waals surface area contributed by atoms with E-state index >= 15 is 0 Å². The molecule has 4 N–H and O–H groups in total. The van der Waals surface area contributed by atoms with Crippen molar-refractivity contribution >= 4 is 23.5 Å². The molecule has 7 nitrogen and oxygen atoms in total. The Hall–Kier alpha value is -1.67. The molecule has 0 aliphatic carbocycles. The highest BCUT2D eigenvalue weighted by atomic mass is 32.2. The highest BCUT2D eigenvalue weighted by molar-refractivity contribution is 8.00. The molecular weight excluding hydrogens is 462 g/mol. The van der Waals surface area contributed by atoms with E-state index < -0.39 is 21.7 Å². The lowest BCUT2D eigenvalue weighted by molar-refractivity contribution is -0.133. The molecule has 0 aliphatic heterocycles. The van der Waals surface area contributed by atoms with Crippen LogP contribution in [-0.4, -0.2) is 49.8 Å². The lowest BCUT2D eigenvalue weighted by Crippen LogP contribution is -2.51. The number of likely N-dealkylation sites (N-methyl/N-ethyl adjacent to an activating group) is 1. The van der Waals surface area contributed by atoms with Crippen molar-refractivity contribution in [3.8, 4) is 11.8 Å². The fourth-order valence-corrected chi connectivity index (χ4v) is 6.92. The number of Topliss-reactive ketones (excluding diaryl/α,β-unsaturated/α-hetero) is 1. The second kappa shape index (κ2) is 10.4. The van der Waals surface area contributed by atoms with Gasteiger partial charge in [-0.2, -0.15) is 0 Å². The van der Waals surface area contributed by atoms with E-state index in [4.69, 9.17) is 0 Å². The van der Waals surface area contributed by atoms with E-state index in [2.05, 4.69) is 31.4 Å².